The van der Waals surface area contributed by atoms with Gasteiger partial charge in [0, 0.05) is 18.5 Å². The monoisotopic (exact) mass is 274 g/mol. The SMILES string of the molecule is O=C1NC(=S)C2CCCC2N1CCc1ccccc1. The molecule has 2 aliphatic rings. The summed E-state index contributed by atoms with van der Waals surface area (Å²) in [6.07, 6.45) is 4.29. The van der Waals surface area contributed by atoms with Crippen molar-refractivity contribution < 1.29 is 4.79 Å². The molecule has 0 radical (unpaired) electrons. The van der Waals surface area contributed by atoms with Crippen LogP contribution in [0.1, 0.15) is 24.8 Å². The van der Waals surface area contributed by atoms with Crippen molar-refractivity contribution in [1.82, 2.24) is 10.2 Å². The standard InChI is InChI=1S/C15H18N2OS/c18-15-16-14(19)12-7-4-8-13(12)17(15)10-9-11-5-2-1-3-6-11/h1-3,5-6,12-13H,4,7-10H2,(H,16,18,19). The number of nitrogens with zero attached hydrogens (tertiary/aromatic N) is 1. The van der Waals surface area contributed by atoms with Crippen LogP contribution in [-0.4, -0.2) is 28.5 Å². The molecular formula is C15H18N2OS. The lowest BCUT2D eigenvalue weighted by Crippen LogP contribution is -2.58. The van der Waals surface area contributed by atoms with Crippen molar-refractivity contribution in [3.8, 4) is 0 Å². The van der Waals surface area contributed by atoms with Crippen molar-refractivity contribution in [3.05, 3.63) is 35.9 Å². The zero-order chi connectivity index (χ0) is 13.2. The summed E-state index contributed by atoms with van der Waals surface area (Å²) in [6, 6.07) is 10.6. The van der Waals surface area contributed by atoms with Gasteiger partial charge in [0.05, 0.1) is 4.99 Å². The highest BCUT2D eigenvalue weighted by atomic mass is 32.1. The Morgan fingerprint density at radius 1 is 1.26 bits per heavy atom. The molecule has 100 valence electrons. The fraction of sp³-hybridized carbons (Fsp3) is 0.467. The summed E-state index contributed by atoms with van der Waals surface area (Å²) >= 11 is 5.29. The molecule has 0 bridgehead atoms. The fourth-order valence-corrected chi connectivity index (χ4v) is 3.56. The minimum Gasteiger partial charge on any atom is -0.321 e. The first-order chi connectivity index (χ1) is 9.25. The summed E-state index contributed by atoms with van der Waals surface area (Å²) < 4.78 is 0. The number of hydrogen-bond acceptors (Lipinski definition) is 2. The number of carbonyl (C=O) groups is 1. The highest BCUT2D eigenvalue weighted by Gasteiger charge is 2.41. The molecule has 19 heavy (non-hydrogen) atoms. The van der Waals surface area contributed by atoms with E-state index in [0.717, 1.165) is 30.8 Å². The van der Waals surface area contributed by atoms with E-state index in [9.17, 15) is 4.79 Å². The minimum atomic E-state index is -0.0101. The van der Waals surface area contributed by atoms with Crippen LogP contribution in [0.3, 0.4) is 0 Å². The van der Waals surface area contributed by atoms with Gasteiger partial charge in [0.15, 0.2) is 0 Å². The van der Waals surface area contributed by atoms with E-state index >= 15 is 0 Å². The lowest BCUT2D eigenvalue weighted by molar-refractivity contribution is 0.164. The number of fused-ring (bicyclic) bond motifs is 1. The number of hydrogen-bond donors (Lipinski definition) is 1. The second-order valence-corrected chi connectivity index (χ2v) is 5.77. The Balaban J connectivity index is 1.69. The second kappa shape index (κ2) is 5.29. The first kappa shape index (κ1) is 12.6. The van der Waals surface area contributed by atoms with Gasteiger partial charge in [-0.25, -0.2) is 4.79 Å². The normalized spacial score (nSPS) is 26.2. The van der Waals surface area contributed by atoms with Crippen molar-refractivity contribution in [1.29, 1.82) is 0 Å². The Bertz CT molecular complexity index is 488. The van der Waals surface area contributed by atoms with E-state index in [-0.39, 0.29) is 6.03 Å². The highest BCUT2D eigenvalue weighted by Crippen LogP contribution is 2.33. The molecule has 2 fully saturated rings. The van der Waals surface area contributed by atoms with Gasteiger partial charge in [-0.1, -0.05) is 49.0 Å². The summed E-state index contributed by atoms with van der Waals surface area (Å²) in [5.74, 6) is 0.378. The Kier molecular flexibility index (Phi) is 3.51. The molecule has 1 saturated heterocycles. The molecule has 1 aromatic rings. The average molecular weight is 274 g/mol. The molecule has 1 aliphatic carbocycles. The number of carbonyl (C=O) groups excluding carboxylic acids is 1. The summed E-state index contributed by atoms with van der Waals surface area (Å²) in [6.45, 7) is 0.777. The molecule has 1 heterocycles. The number of thiocarbonyl (C=S) groups is 1. The molecule has 3 rings (SSSR count). The van der Waals surface area contributed by atoms with Crippen LogP contribution in [0.2, 0.25) is 0 Å². The maximum Gasteiger partial charge on any atom is 0.322 e. The van der Waals surface area contributed by atoms with Crippen molar-refractivity contribution in [2.24, 2.45) is 5.92 Å². The van der Waals surface area contributed by atoms with Crippen LogP contribution < -0.4 is 5.32 Å². The molecule has 0 spiro atoms. The third-order valence-electron chi connectivity index (χ3n) is 4.19. The summed E-state index contributed by atoms with van der Waals surface area (Å²) in [5.41, 5.74) is 1.28. The number of rotatable bonds is 3. The van der Waals surface area contributed by atoms with Crippen molar-refractivity contribution in [3.63, 3.8) is 0 Å². The maximum absolute atomic E-state index is 12.1. The van der Waals surface area contributed by atoms with E-state index in [2.05, 4.69) is 17.4 Å². The third kappa shape index (κ3) is 2.50. The first-order valence-corrected chi connectivity index (χ1v) is 7.32. The minimum absolute atomic E-state index is 0.0101. The molecule has 1 N–H and O–H groups in total. The summed E-state index contributed by atoms with van der Waals surface area (Å²) in [4.78, 5) is 14.8. The van der Waals surface area contributed by atoms with Gasteiger partial charge in [0.25, 0.3) is 0 Å². The quantitative estimate of drug-likeness (QED) is 0.860. The van der Waals surface area contributed by atoms with E-state index in [4.69, 9.17) is 12.2 Å². The number of amides is 2. The molecule has 2 unspecified atom stereocenters. The second-order valence-electron chi connectivity index (χ2n) is 5.33. The Labute approximate surface area is 119 Å². The van der Waals surface area contributed by atoms with Gasteiger partial charge >= 0.3 is 6.03 Å². The van der Waals surface area contributed by atoms with Crippen molar-refractivity contribution in [2.45, 2.75) is 31.7 Å². The molecular weight excluding hydrogens is 256 g/mol. The molecule has 3 nitrogen and oxygen atoms in total. The molecule has 0 aromatic heterocycles. The Morgan fingerprint density at radius 3 is 2.84 bits per heavy atom. The number of nitrogens with one attached hydrogen (secondary N) is 1. The molecule has 1 aromatic carbocycles. The molecule has 1 aliphatic heterocycles. The lowest BCUT2D eigenvalue weighted by Gasteiger charge is -2.38. The van der Waals surface area contributed by atoms with E-state index in [1.165, 1.54) is 12.0 Å². The largest absolute Gasteiger partial charge is 0.322 e. The van der Waals surface area contributed by atoms with E-state index in [0.29, 0.717) is 12.0 Å². The van der Waals surface area contributed by atoms with Crippen molar-refractivity contribution >= 4 is 23.2 Å². The highest BCUT2D eigenvalue weighted by molar-refractivity contribution is 7.80. The topological polar surface area (TPSA) is 32.3 Å². The number of urea groups is 1. The van der Waals surface area contributed by atoms with E-state index in [1.807, 2.05) is 23.1 Å². The first-order valence-electron chi connectivity index (χ1n) is 6.91. The van der Waals surface area contributed by atoms with Crippen LogP contribution in [0.15, 0.2) is 30.3 Å². The fourth-order valence-electron chi connectivity index (χ4n) is 3.20. The summed E-state index contributed by atoms with van der Waals surface area (Å²) in [7, 11) is 0. The zero-order valence-electron chi connectivity index (χ0n) is 10.8. The van der Waals surface area contributed by atoms with Gasteiger partial charge in [-0.3, -0.25) is 0 Å². The van der Waals surface area contributed by atoms with E-state index < -0.39 is 0 Å². The van der Waals surface area contributed by atoms with Gasteiger partial charge in [0.1, 0.15) is 0 Å². The van der Waals surface area contributed by atoms with Gasteiger partial charge in [-0.15, -0.1) is 0 Å². The van der Waals surface area contributed by atoms with Crippen molar-refractivity contribution in [2.75, 3.05) is 6.54 Å². The molecule has 4 heteroatoms. The third-order valence-corrected chi connectivity index (χ3v) is 4.60. The van der Waals surface area contributed by atoms with Gasteiger partial charge in [-0.2, -0.15) is 0 Å². The number of benzene rings is 1. The van der Waals surface area contributed by atoms with Crippen LogP contribution in [0.25, 0.3) is 0 Å². The predicted octanol–water partition coefficient (Wildman–Crippen LogP) is 2.75. The Morgan fingerprint density at radius 2 is 2.05 bits per heavy atom. The molecule has 2 atom stereocenters. The van der Waals surface area contributed by atoms with E-state index in [1.54, 1.807) is 0 Å². The smallest absolute Gasteiger partial charge is 0.321 e. The van der Waals surface area contributed by atoms with Crippen LogP contribution >= 0.6 is 12.2 Å². The Hall–Kier alpha value is -1.42. The average Bonchev–Trinajstić information content (AvgIpc) is 2.89. The van der Waals surface area contributed by atoms with Gasteiger partial charge < -0.3 is 10.2 Å². The van der Waals surface area contributed by atoms with Crippen LogP contribution in [0, 0.1) is 5.92 Å². The molecule has 1 saturated carbocycles. The maximum atomic E-state index is 12.1. The summed E-state index contributed by atoms with van der Waals surface area (Å²) in [5, 5.41) is 2.86. The zero-order valence-corrected chi connectivity index (χ0v) is 11.7. The van der Waals surface area contributed by atoms with Crippen LogP contribution in [0.4, 0.5) is 4.79 Å². The van der Waals surface area contributed by atoms with Crippen LogP contribution in [0.5, 0.6) is 0 Å². The van der Waals surface area contributed by atoms with Crippen LogP contribution in [-0.2, 0) is 6.42 Å². The lowest BCUT2D eigenvalue weighted by atomic mass is 9.99. The molecule has 2 amide bonds. The van der Waals surface area contributed by atoms with Gasteiger partial charge in [0.2, 0.25) is 0 Å². The van der Waals surface area contributed by atoms with Gasteiger partial charge in [-0.05, 0) is 24.8 Å². The predicted molar refractivity (Wildman–Crippen MR) is 79.1 cm³/mol.